The minimum atomic E-state index is -0.342. The van der Waals surface area contributed by atoms with Crippen LogP contribution in [0.4, 0.5) is 5.69 Å². The predicted molar refractivity (Wildman–Crippen MR) is 110 cm³/mol. The number of benzene rings is 2. The Morgan fingerprint density at radius 1 is 0.821 bits per heavy atom. The molecule has 1 aromatic heterocycles. The number of hydrogen-bond donors (Lipinski definition) is 2. The third kappa shape index (κ3) is 4.62. The standard InChI is InChI=1S/C23H23N3O2/c1-15-7-4-10-18(13-15)14-24-22(27)19-11-6-12-20(25-19)23(28)26-21-16(2)8-5-9-17(21)3/h4-13H,14H2,1-3H3,(H,24,27)(H,26,28). The molecule has 0 atom stereocenters. The Morgan fingerprint density at radius 3 is 2.11 bits per heavy atom. The first kappa shape index (κ1) is 19.3. The molecule has 2 amide bonds. The van der Waals surface area contributed by atoms with Crippen LogP contribution < -0.4 is 10.6 Å². The van der Waals surface area contributed by atoms with E-state index in [0.717, 1.165) is 27.9 Å². The van der Waals surface area contributed by atoms with Crippen LogP contribution in [0.3, 0.4) is 0 Å². The number of para-hydroxylation sites is 1. The highest BCUT2D eigenvalue weighted by Gasteiger charge is 2.14. The first-order valence-electron chi connectivity index (χ1n) is 9.12. The minimum absolute atomic E-state index is 0.200. The monoisotopic (exact) mass is 373 g/mol. The average molecular weight is 373 g/mol. The molecule has 0 radical (unpaired) electrons. The van der Waals surface area contributed by atoms with E-state index in [1.807, 2.05) is 63.2 Å². The van der Waals surface area contributed by atoms with E-state index in [1.165, 1.54) is 0 Å². The van der Waals surface area contributed by atoms with Crippen molar-refractivity contribution in [1.29, 1.82) is 0 Å². The Bertz CT molecular complexity index is 1010. The largest absolute Gasteiger partial charge is 0.347 e. The summed E-state index contributed by atoms with van der Waals surface area (Å²) in [5.41, 5.74) is 5.27. The van der Waals surface area contributed by atoms with Crippen molar-refractivity contribution >= 4 is 17.5 Å². The van der Waals surface area contributed by atoms with Gasteiger partial charge in [0, 0.05) is 12.2 Å². The number of anilines is 1. The molecule has 142 valence electrons. The topological polar surface area (TPSA) is 71.1 Å². The summed E-state index contributed by atoms with van der Waals surface area (Å²) >= 11 is 0. The summed E-state index contributed by atoms with van der Waals surface area (Å²) in [6.07, 6.45) is 0. The second kappa shape index (κ2) is 8.48. The molecule has 2 N–H and O–H groups in total. The number of nitrogens with zero attached hydrogens (tertiary/aromatic N) is 1. The molecular formula is C23H23N3O2. The van der Waals surface area contributed by atoms with Crippen molar-refractivity contribution in [2.45, 2.75) is 27.3 Å². The van der Waals surface area contributed by atoms with Crippen LogP contribution in [0.2, 0.25) is 0 Å². The number of rotatable bonds is 5. The highest BCUT2D eigenvalue weighted by atomic mass is 16.2. The second-order valence-corrected chi connectivity index (χ2v) is 6.80. The van der Waals surface area contributed by atoms with E-state index >= 15 is 0 Å². The van der Waals surface area contributed by atoms with Crippen LogP contribution >= 0.6 is 0 Å². The number of amides is 2. The number of nitrogens with one attached hydrogen (secondary N) is 2. The maximum absolute atomic E-state index is 12.6. The Morgan fingerprint density at radius 2 is 1.43 bits per heavy atom. The molecule has 0 unspecified atom stereocenters. The van der Waals surface area contributed by atoms with Crippen LogP contribution in [0.1, 0.15) is 43.2 Å². The number of aromatic nitrogens is 1. The van der Waals surface area contributed by atoms with Gasteiger partial charge in [0.15, 0.2) is 0 Å². The third-order valence-corrected chi connectivity index (χ3v) is 4.47. The highest BCUT2D eigenvalue weighted by molar-refractivity contribution is 6.04. The van der Waals surface area contributed by atoms with Crippen molar-refractivity contribution in [2.75, 3.05) is 5.32 Å². The zero-order valence-corrected chi connectivity index (χ0v) is 16.2. The van der Waals surface area contributed by atoms with Crippen LogP contribution in [-0.2, 0) is 6.54 Å². The summed E-state index contributed by atoms with van der Waals surface area (Å²) in [6.45, 7) is 6.28. The molecule has 0 fully saturated rings. The maximum Gasteiger partial charge on any atom is 0.274 e. The summed E-state index contributed by atoms with van der Waals surface area (Å²) < 4.78 is 0. The van der Waals surface area contributed by atoms with Gasteiger partial charge in [-0.15, -0.1) is 0 Å². The fourth-order valence-corrected chi connectivity index (χ4v) is 2.97. The smallest absolute Gasteiger partial charge is 0.274 e. The molecule has 2 aromatic carbocycles. The van der Waals surface area contributed by atoms with Gasteiger partial charge in [-0.25, -0.2) is 4.98 Å². The maximum atomic E-state index is 12.6. The van der Waals surface area contributed by atoms with E-state index in [4.69, 9.17) is 0 Å². The van der Waals surface area contributed by atoms with Crippen LogP contribution in [0, 0.1) is 20.8 Å². The Kier molecular flexibility index (Phi) is 5.84. The Hall–Kier alpha value is -3.47. The van der Waals surface area contributed by atoms with E-state index in [9.17, 15) is 9.59 Å². The van der Waals surface area contributed by atoms with E-state index in [-0.39, 0.29) is 23.2 Å². The second-order valence-electron chi connectivity index (χ2n) is 6.80. The number of hydrogen-bond acceptors (Lipinski definition) is 3. The molecular weight excluding hydrogens is 350 g/mol. The first-order valence-corrected chi connectivity index (χ1v) is 9.12. The van der Waals surface area contributed by atoms with Crippen LogP contribution in [-0.4, -0.2) is 16.8 Å². The van der Waals surface area contributed by atoms with Crippen molar-refractivity contribution in [3.63, 3.8) is 0 Å². The fraction of sp³-hybridized carbons (Fsp3) is 0.174. The number of carbonyl (C=O) groups excluding carboxylic acids is 2. The molecule has 5 nitrogen and oxygen atoms in total. The third-order valence-electron chi connectivity index (χ3n) is 4.47. The van der Waals surface area contributed by atoms with Gasteiger partial charge in [-0.1, -0.05) is 54.1 Å². The highest BCUT2D eigenvalue weighted by Crippen LogP contribution is 2.20. The molecule has 1 heterocycles. The summed E-state index contributed by atoms with van der Waals surface area (Å²) in [5.74, 6) is -0.658. The van der Waals surface area contributed by atoms with Gasteiger partial charge in [-0.3, -0.25) is 9.59 Å². The molecule has 28 heavy (non-hydrogen) atoms. The lowest BCUT2D eigenvalue weighted by atomic mass is 10.1. The van der Waals surface area contributed by atoms with E-state index in [0.29, 0.717) is 6.54 Å². The Labute approximate surface area is 164 Å². The molecule has 0 bridgehead atoms. The lowest BCUT2D eigenvalue weighted by Gasteiger charge is -2.11. The van der Waals surface area contributed by atoms with Crippen LogP contribution in [0.15, 0.2) is 60.7 Å². The summed E-state index contributed by atoms with van der Waals surface area (Å²) in [7, 11) is 0. The van der Waals surface area contributed by atoms with Gasteiger partial charge >= 0.3 is 0 Å². The molecule has 0 aliphatic heterocycles. The van der Waals surface area contributed by atoms with Gasteiger partial charge in [-0.05, 0) is 49.6 Å². The van der Waals surface area contributed by atoms with Crippen molar-refractivity contribution in [3.05, 3.63) is 94.3 Å². The summed E-state index contributed by atoms with van der Waals surface area (Å²) in [5, 5.41) is 5.74. The zero-order chi connectivity index (χ0) is 20.1. The van der Waals surface area contributed by atoms with Crippen LogP contribution in [0.25, 0.3) is 0 Å². The fourth-order valence-electron chi connectivity index (χ4n) is 2.97. The van der Waals surface area contributed by atoms with Crippen molar-refractivity contribution in [1.82, 2.24) is 10.3 Å². The van der Waals surface area contributed by atoms with Gasteiger partial charge in [0.05, 0.1) is 0 Å². The predicted octanol–water partition coefficient (Wildman–Crippen LogP) is 4.19. The van der Waals surface area contributed by atoms with Gasteiger partial charge in [-0.2, -0.15) is 0 Å². The number of pyridine rings is 1. The normalized spacial score (nSPS) is 10.4. The molecule has 0 aliphatic rings. The molecule has 0 spiro atoms. The van der Waals surface area contributed by atoms with Crippen LogP contribution in [0.5, 0.6) is 0 Å². The van der Waals surface area contributed by atoms with Crippen molar-refractivity contribution in [2.24, 2.45) is 0 Å². The van der Waals surface area contributed by atoms with Crippen molar-refractivity contribution in [3.8, 4) is 0 Å². The minimum Gasteiger partial charge on any atom is -0.347 e. The van der Waals surface area contributed by atoms with E-state index in [2.05, 4.69) is 15.6 Å². The molecule has 0 saturated carbocycles. The summed E-state index contributed by atoms with van der Waals surface area (Å²) in [4.78, 5) is 29.3. The lowest BCUT2D eigenvalue weighted by molar-refractivity contribution is 0.0945. The van der Waals surface area contributed by atoms with E-state index < -0.39 is 0 Å². The molecule has 3 aromatic rings. The molecule has 3 rings (SSSR count). The molecule has 0 saturated heterocycles. The lowest BCUT2D eigenvalue weighted by Crippen LogP contribution is -2.25. The Balaban J connectivity index is 1.70. The average Bonchev–Trinajstić information content (AvgIpc) is 2.69. The summed E-state index contributed by atoms with van der Waals surface area (Å²) in [6, 6.07) is 18.6. The van der Waals surface area contributed by atoms with Gasteiger partial charge < -0.3 is 10.6 Å². The molecule has 5 heteroatoms. The van der Waals surface area contributed by atoms with E-state index in [1.54, 1.807) is 18.2 Å². The van der Waals surface area contributed by atoms with Gasteiger partial charge in [0.25, 0.3) is 11.8 Å². The van der Waals surface area contributed by atoms with Gasteiger partial charge in [0.2, 0.25) is 0 Å². The zero-order valence-electron chi connectivity index (χ0n) is 16.2. The number of carbonyl (C=O) groups is 2. The van der Waals surface area contributed by atoms with Gasteiger partial charge in [0.1, 0.15) is 11.4 Å². The number of aryl methyl sites for hydroxylation is 3. The SMILES string of the molecule is Cc1cccc(CNC(=O)c2cccc(C(=O)Nc3c(C)cccc3C)n2)c1. The molecule has 0 aliphatic carbocycles. The quantitative estimate of drug-likeness (QED) is 0.704. The van der Waals surface area contributed by atoms with Crippen molar-refractivity contribution < 1.29 is 9.59 Å². The first-order chi connectivity index (χ1) is 13.4.